The number of carbonyl (C=O) groups is 1. The summed E-state index contributed by atoms with van der Waals surface area (Å²) in [5, 5.41) is 14.7. The first-order valence-corrected chi connectivity index (χ1v) is 32.7. The Hall–Kier alpha value is -5.73. The molecule has 2 aromatic heterocycles. The average Bonchev–Trinajstić information content (AvgIpc) is 4.20. The minimum Gasteiger partial charge on any atom is -0.465 e. The van der Waals surface area contributed by atoms with E-state index in [9.17, 15) is 9.90 Å². The van der Waals surface area contributed by atoms with Crippen LogP contribution in [0.1, 0.15) is 127 Å². The molecular formula is C64H80F2N6O4Si2. The van der Waals surface area contributed by atoms with E-state index in [4.69, 9.17) is 24.1 Å². The van der Waals surface area contributed by atoms with Crippen LogP contribution in [0.25, 0.3) is 32.9 Å². The van der Waals surface area contributed by atoms with Gasteiger partial charge in [0.15, 0.2) is 5.82 Å². The summed E-state index contributed by atoms with van der Waals surface area (Å²) >= 11 is 0. The second-order valence-electron chi connectivity index (χ2n) is 26.0. The van der Waals surface area contributed by atoms with E-state index in [1.807, 2.05) is 12.1 Å². The van der Waals surface area contributed by atoms with Gasteiger partial charge in [-0.05, 0) is 94.0 Å². The monoisotopic (exact) mass is 1090 g/mol. The molecule has 4 aromatic carbocycles. The minimum absolute atomic E-state index is 0.0273. The number of ether oxygens (including phenoxy) is 1. The first-order chi connectivity index (χ1) is 37.0. The second-order valence-corrected chi connectivity index (χ2v) is 35.9. The zero-order chi connectivity index (χ0) is 55.7. The third-order valence-electron chi connectivity index (χ3n) is 19.1. The Bertz CT molecular complexity index is 3220. The summed E-state index contributed by atoms with van der Waals surface area (Å²) in [6.07, 6.45) is 5.84. The molecule has 10 rings (SSSR count). The van der Waals surface area contributed by atoms with Gasteiger partial charge in [0.05, 0.1) is 34.7 Å². The average molecular weight is 1090 g/mol. The standard InChI is InChI=1S/C64H80F2N6O4Si2/c1-42(2)77(43(3)4,44(5)6)36-31-50-53(65)28-27-45-21-19-26-51(54(45)50)56-55(66)57-52(37-67-56)58(70-38-46-30-34-64(40-70,61(7,8)9)72(46)60(73)74)69-59(68-57)75-41-63-32-20-35-71(63)47(29-33-63)39-76-78(62(10,11)12,48-22-15-13-16-23-48)49-24-17-14-18-25-49/h13-19,21-28,37,42-44,46-47H,20,29-30,32-35,38-41H2,1-12H3,(H,73,74). The van der Waals surface area contributed by atoms with Crippen LogP contribution in [0.3, 0.4) is 0 Å². The van der Waals surface area contributed by atoms with Gasteiger partial charge in [0.2, 0.25) is 0 Å². The van der Waals surface area contributed by atoms with Crippen LogP contribution in [-0.4, -0.2) is 108 Å². The number of rotatable bonds is 13. The van der Waals surface area contributed by atoms with Crippen LogP contribution in [0.4, 0.5) is 19.4 Å². The van der Waals surface area contributed by atoms with E-state index in [1.54, 1.807) is 23.2 Å². The molecule has 0 saturated carbocycles. The van der Waals surface area contributed by atoms with Crippen molar-refractivity contribution >= 4 is 60.4 Å². The lowest BCUT2D eigenvalue weighted by atomic mass is 9.71. The Balaban J connectivity index is 1.05. The summed E-state index contributed by atoms with van der Waals surface area (Å²) in [5.74, 6) is 2.71. The summed E-state index contributed by atoms with van der Waals surface area (Å²) in [6.45, 7) is 29.1. The highest BCUT2D eigenvalue weighted by Gasteiger charge is 2.60. The normalized spacial score (nSPS) is 22.0. The fourth-order valence-electron chi connectivity index (χ4n) is 15.2. The molecule has 14 heteroatoms. The number of fused-ring (bicyclic) bond motifs is 5. The van der Waals surface area contributed by atoms with Crippen molar-refractivity contribution in [1.29, 1.82) is 0 Å². The van der Waals surface area contributed by atoms with Crippen LogP contribution in [0, 0.1) is 28.5 Å². The summed E-state index contributed by atoms with van der Waals surface area (Å²) in [7, 11) is -5.10. The highest BCUT2D eigenvalue weighted by atomic mass is 28.4. The Morgan fingerprint density at radius 3 is 2.12 bits per heavy atom. The number of aromatic nitrogens is 3. The first kappa shape index (κ1) is 55.6. The number of halogens is 2. The van der Waals surface area contributed by atoms with Crippen molar-refractivity contribution in [3.63, 3.8) is 0 Å². The van der Waals surface area contributed by atoms with Crippen molar-refractivity contribution in [2.75, 3.05) is 37.7 Å². The number of nitrogens with zero attached hydrogens (tertiary/aromatic N) is 6. The van der Waals surface area contributed by atoms with Crippen molar-refractivity contribution < 1.29 is 27.8 Å². The van der Waals surface area contributed by atoms with Gasteiger partial charge < -0.3 is 19.2 Å². The van der Waals surface area contributed by atoms with Crippen LogP contribution < -0.4 is 20.0 Å². The maximum Gasteiger partial charge on any atom is 0.408 e. The molecule has 6 aromatic rings. The molecule has 0 spiro atoms. The molecule has 1 amide bonds. The minimum atomic E-state index is -2.80. The van der Waals surface area contributed by atoms with Gasteiger partial charge in [0, 0.05) is 36.3 Å². The van der Waals surface area contributed by atoms with Gasteiger partial charge in [0.1, 0.15) is 37.5 Å². The molecule has 10 nitrogen and oxygen atoms in total. The van der Waals surface area contributed by atoms with E-state index in [1.165, 1.54) is 16.4 Å². The molecule has 4 fully saturated rings. The molecule has 2 bridgehead atoms. The molecule has 78 heavy (non-hydrogen) atoms. The van der Waals surface area contributed by atoms with Crippen LogP contribution in [-0.2, 0) is 4.43 Å². The van der Waals surface area contributed by atoms with Gasteiger partial charge in [0.25, 0.3) is 8.32 Å². The number of anilines is 1. The quantitative estimate of drug-likeness (QED) is 0.0894. The number of hydrogen-bond acceptors (Lipinski definition) is 8. The molecule has 4 saturated heterocycles. The van der Waals surface area contributed by atoms with Gasteiger partial charge in [-0.2, -0.15) is 9.97 Å². The summed E-state index contributed by atoms with van der Waals surface area (Å²) in [5.41, 5.74) is 3.94. The van der Waals surface area contributed by atoms with Gasteiger partial charge >= 0.3 is 12.1 Å². The fraction of sp³-hybridized carbons (Fsp3) is 0.500. The maximum absolute atomic E-state index is 18.2. The molecule has 412 valence electrons. The van der Waals surface area contributed by atoms with Crippen LogP contribution in [0.15, 0.2) is 97.2 Å². The summed E-state index contributed by atoms with van der Waals surface area (Å²) in [4.78, 5) is 34.5. The van der Waals surface area contributed by atoms with Crippen LogP contribution in [0.2, 0.25) is 21.7 Å². The lowest BCUT2D eigenvalue weighted by Gasteiger charge is -2.54. The number of pyridine rings is 1. The van der Waals surface area contributed by atoms with Crippen molar-refractivity contribution in [2.24, 2.45) is 5.41 Å². The van der Waals surface area contributed by atoms with Crippen molar-refractivity contribution in [1.82, 2.24) is 24.8 Å². The van der Waals surface area contributed by atoms with Crippen molar-refractivity contribution in [3.8, 4) is 28.7 Å². The highest BCUT2D eigenvalue weighted by molar-refractivity contribution is 6.99. The smallest absolute Gasteiger partial charge is 0.408 e. The fourth-order valence-corrected chi connectivity index (χ4v) is 25.0. The van der Waals surface area contributed by atoms with Crippen LogP contribution >= 0.6 is 0 Å². The lowest BCUT2D eigenvalue weighted by molar-refractivity contribution is 0.00526. The largest absolute Gasteiger partial charge is 0.465 e. The molecule has 4 unspecified atom stereocenters. The Labute approximate surface area is 463 Å². The number of hydrogen-bond donors (Lipinski definition) is 1. The Morgan fingerprint density at radius 2 is 1.50 bits per heavy atom. The van der Waals surface area contributed by atoms with E-state index in [2.05, 4.69) is 165 Å². The molecule has 0 radical (unpaired) electrons. The Morgan fingerprint density at radius 1 is 0.833 bits per heavy atom. The van der Waals surface area contributed by atoms with E-state index in [0.29, 0.717) is 77.9 Å². The predicted octanol–water partition coefficient (Wildman–Crippen LogP) is 13.4. The van der Waals surface area contributed by atoms with Gasteiger partial charge in [-0.15, -0.1) is 5.54 Å². The second kappa shape index (κ2) is 20.7. The maximum atomic E-state index is 18.2. The van der Waals surface area contributed by atoms with E-state index >= 15 is 8.78 Å². The Kier molecular flexibility index (Phi) is 14.8. The van der Waals surface area contributed by atoms with Crippen LogP contribution in [0.5, 0.6) is 6.01 Å². The highest BCUT2D eigenvalue weighted by Crippen LogP contribution is 2.51. The lowest BCUT2D eigenvalue weighted by Crippen LogP contribution is -2.68. The van der Waals surface area contributed by atoms with E-state index in [-0.39, 0.29) is 45.4 Å². The number of carboxylic acid groups (broad SMARTS) is 1. The third kappa shape index (κ3) is 9.12. The van der Waals surface area contributed by atoms with Gasteiger partial charge in [-0.3, -0.25) is 14.8 Å². The zero-order valence-electron chi connectivity index (χ0n) is 48.0. The topological polar surface area (TPSA) is 104 Å². The van der Waals surface area contributed by atoms with Gasteiger partial charge in [-0.1, -0.05) is 174 Å². The number of amides is 1. The molecule has 1 N–H and O–H groups in total. The first-order valence-electron chi connectivity index (χ1n) is 28.5. The molecule has 6 heterocycles. The predicted molar refractivity (Wildman–Crippen MR) is 316 cm³/mol. The molecule has 4 aliphatic rings. The molecular weight excluding hydrogens is 1010 g/mol. The zero-order valence-corrected chi connectivity index (χ0v) is 50.0. The summed E-state index contributed by atoms with van der Waals surface area (Å²) in [6, 6.07) is 30.2. The van der Waals surface area contributed by atoms with Crippen molar-refractivity contribution in [3.05, 3.63) is 114 Å². The van der Waals surface area contributed by atoms with Crippen molar-refractivity contribution in [2.45, 2.75) is 166 Å². The van der Waals surface area contributed by atoms with E-state index in [0.717, 1.165) is 37.6 Å². The SMILES string of the molecule is CC(C)[Si](C#Cc1c(F)ccc2cccc(-c3ncc4c(N5CC6CCC(C(C)(C)C)(C5)N6C(=O)O)nc(OCC56CCCN5C(CO[Si](c5ccccc5)(c5ccccc5)C(C)(C)C)CC6)nc4c3F)c12)(C(C)C)C(C)C. The number of benzene rings is 4. The molecule has 4 aliphatic heterocycles. The third-order valence-corrected chi connectivity index (χ3v) is 30.4. The summed E-state index contributed by atoms with van der Waals surface area (Å²) < 4.78 is 49.1. The molecule has 4 atom stereocenters. The van der Waals surface area contributed by atoms with Gasteiger partial charge in [-0.25, -0.2) is 13.6 Å². The molecule has 0 aliphatic carbocycles. The van der Waals surface area contributed by atoms with E-state index < -0.39 is 45.1 Å². The number of piperazine rings is 1.